The fourth-order valence-corrected chi connectivity index (χ4v) is 1.56. The Hall–Kier alpha value is -1.06. The predicted molar refractivity (Wildman–Crippen MR) is 62.1 cm³/mol. The number of nitrogens with one attached hydrogen (secondary N) is 1. The number of anilines is 1. The zero-order valence-corrected chi connectivity index (χ0v) is 9.33. The summed E-state index contributed by atoms with van der Waals surface area (Å²) in [5, 5.41) is 21.2. The first-order chi connectivity index (χ1) is 7.19. The molecule has 1 rings (SSSR count). The lowest BCUT2D eigenvalue weighted by atomic mass is 10.1. The highest BCUT2D eigenvalue weighted by Gasteiger charge is 2.06. The van der Waals surface area contributed by atoms with Crippen molar-refractivity contribution >= 4 is 5.69 Å². The van der Waals surface area contributed by atoms with E-state index in [1.54, 1.807) is 0 Å². The van der Waals surface area contributed by atoms with Gasteiger partial charge in [0, 0.05) is 12.2 Å². The first-order valence-electron chi connectivity index (χ1n) is 5.30. The van der Waals surface area contributed by atoms with E-state index < -0.39 is 6.10 Å². The first kappa shape index (κ1) is 12.0. The molecule has 0 aliphatic rings. The smallest absolute Gasteiger partial charge is 0.0942 e. The summed E-state index contributed by atoms with van der Waals surface area (Å²) in [4.78, 5) is 0. The lowest BCUT2D eigenvalue weighted by molar-refractivity contribution is 0.105. The molecule has 15 heavy (non-hydrogen) atoms. The van der Waals surface area contributed by atoms with Crippen LogP contribution in [0.2, 0.25) is 0 Å². The second-order valence-corrected chi connectivity index (χ2v) is 3.68. The summed E-state index contributed by atoms with van der Waals surface area (Å²) in [7, 11) is 0. The van der Waals surface area contributed by atoms with Gasteiger partial charge in [0.2, 0.25) is 0 Å². The molecule has 0 aromatic heterocycles. The van der Waals surface area contributed by atoms with Crippen LogP contribution in [0.15, 0.2) is 18.2 Å². The van der Waals surface area contributed by atoms with E-state index in [2.05, 4.69) is 18.3 Å². The van der Waals surface area contributed by atoms with Crippen molar-refractivity contribution in [2.24, 2.45) is 0 Å². The van der Waals surface area contributed by atoms with Gasteiger partial charge >= 0.3 is 0 Å². The molecule has 0 heterocycles. The monoisotopic (exact) mass is 209 g/mol. The maximum Gasteiger partial charge on any atom is 0.0942 e. The summed E-state index contributed by atoms with van der Waals surface area (Å²) in [6.07, 6.45) is 0.258. The van der Waals surface area contributed by atoms with Crippen LogP contribution in [0.25, 0.3) is 0 Å². The van der Waals surface area contributed by atoms with Gasteiger partial charge in [0.05, 0.1) is 12.7 Å². The highest BCUT2D eigenvalue weighted by Crippen LogP contribution is 2.20. The van der Waals surface area contributed by atoms with Crippen LogP contribution in [-0.4, -0.2) is 29.5 Å². The molecule has 0 aliphatic carbocycles. The molecular formula is C12H19NO2. The minimum Gasteiger partial charge on any atom is -0.394 e. The van der Waals surface area contributed by atoms with Crippen LogP contribution in [0.1, 0.15) is 18.1 Å². The number of aliphatic hydroxyl groups is 2. The molecule has 3 N–H and O–H groups in total. The van der Waals surface area contributed by atoms with E-state index >= 15 is 0 Å². The fraction of sp³-hybridized carbons (Fsp3) is 0.500. The third-order valence-electron chi connectivity index (χ3n) is 2.47. The predicted octanol–water partition coefficient (Wildman–Crippen LogP) is 1.32. The topological polar surface area (TPSA) is 52.5 Å². The standard InChI is InChI=1S/C12H19NO2/c1-3-10-6-4-5-9(2)12(10)13-7-11(15)8-14/h4-6,11,13-15H,3,7-8H2,1-2H3. The molecular weight excluding hydrogens is 190 g/mol. The minimum absolute atomic E-state index is 0.208. The third kappa shape index (κ3) is 3.22. The van der Waals surface area contributed by atoms with Crippen LogP contribution >= 0.6 is 0 Å². The molecule has 3 nitrogen and oxygen atoms in total. The van der Waals surface area contributed by atoms with Crippen molar-refractivity contribution in [1.29, 1.82) is 0 Å². The fourth-order valence-electron chi connectivity index (χ4n) is 1.56. The van der Waals surface area contributed by atoms with Gasteiger partial charge in [0.25, 0.3) is 0 Å². The quantitative estimate of drug-likeness (QED) is 0.685. The Kier molecular flexibility index (Phi) is 4.59. The molecule has 0 saturated heterocycles. The van der Waals surface area contributed by atoms with Gasteiger partial charge in [-0.2, -0.15) is 0 Å². The highest BCUT2D eigenvalue weighted by atomic mass is 16.3. The maximum atomic E-state index is 9.26. The van der Waals surface area contributed by atoms with Crippen molar-refractivity contribution in [2.45, 2.75) is 26.4 Å². The van der Waals surface area contributed by atoms with Gasteiger partial charge in [-0.15, -0.1) is 0 Å². The average molecular weight is 209 g/mol. The number of hydrogen-bond acceptors (Lipinski definition) is 3. The van der Waals surface area contributed by atoms with E-state index in [0.717, 1.165) is 12.1 Å². The van der Waals surface area contributed by atoms with E-state index in [0.29, 0.717) is 6.54 Å². The zero-order valence-electron chi connectivity index (χ0n) is 9.33. The number of aliphatic hydroxyl groups excluding tert-OH is 2. The molecule has 1 atom stereocenters. The SMILES string of the molecule is CCc1cccc(C)c1NCC(O)CO. The molecule has 0 fully saturated rings. The van der Waals surface area contributed by atoms with Gasteiger partial charge in [-0.25, -0.2) is 0 Å². The van der Waals surface area contributed by atoms with Gasteiger partial charge in [-0.3, -0.25) is 0 Å². The molecule has 3 heteroatoms. The van der Waals surface area contributed by atoms with E-state index in [4.69, 9.17) is 5.11 Å². The highest BCUT2D eigenvalue weighted by molar-refractivity contribution is 5.57. The summed E-state index contributed by atoms with van der Waals surface area (Å²) in [5.74, 6) is 0. The average Bonchev–Trinajstić information content (AvgIpc) is 2.26. The lowest BCUT2D eigenvalue weighted by Crippen LogP contribution is -2.23. The van der Waals surface area contributed by atoms with Crippen LogP contribution in [0.5, 0.6) is 0 Å². The second kappa shape index (κ2) is 5.73. The normalized spacial score (nSPS) is 12.5. The first-order valence-corrected chi connectivity index (χ1v) is 5.30. The summed E-state index contributed by atoms with van der Waals surface area (Å²) in [6.45, 7) is 4.31. The van der Waals surface area contributed by atoms with Crippen molar-refractivity contribution in [2.75, 3.05) is 18.5 Å². The van der Waals surface area contributed by atoms with Gasteiger partial charge in [-0.05, 0) is 24.5 Å². The minimum atomic E-state index is -0.700. The Bertz CT molecular complexity index is 312. The molecule has 0 saturated carbocycles. The van der Waals surface area contributed by atoms with Crippen LogP contribution in [-0.2, 0) is 6.42 Å². The van der Waals surface area contributed by atoms with Crippen molar-refractivity contribution in [3.8, 4) is 0 Å². The van der Waals surface area contributed by atoms with Crippen LogP contribution in [0.3, 0.4) is 0 Å². The van der Waals surface area contributed by atoms with Gasteiger partial charge in [0.1, 0.15) is 0 Å². The molecule has 0 bridgehead atoms. The zero-order chi connectivity index (χ0) is 11.3. The van der Waals surface area contributed by atoms with E-state index in [9.17, 15) is 5.11 Å². The van der Waals surface area contributed by atoms with Crippen molar-refractivity contribution in [3.63, 3.8) is 0 Å². The number of hydrogen-bond donors (Lipinski definition) is 3. The molecule has 1 unspecified atom stereocenters. The Balaban J connectivity index is 2.74. The number of benzene rings is 1. The largest absolute Gasteiger partial charge is 0.394 e. The number of aryl methyl sites for hydroxylation is 2. The van der Waals surface area contributed by atoms with E-state index in [-0.39, 0.29) is 6.61 Å². The Labute approximate surface area is 90.8 Å². The van der Waals surface area contributed by atoms with E-state index in [1.807, 2.05) is 19.1 Å². The van der Waals surface area contributed by atoms with Gasteiger partial charge in [-0.1, -0.05) is 25.1 Å². The van der Waals surface area contributed by atoms with Gasteiger partial charge < -0.3 is 15.5 Å². The van der Waals surface area contributed by atoms with Crippen molar-refractivity contribution in [3.05, 3.63) is 29.3 Å². The Morgan fingerprint density at radius 2 is 2.13 bits per heavy atom. The molecule has 84 valence electrons. The summed E-state index contributed by atoms with van der Waals surface area (Å²) in [5.41, 5.74) is 3.48. The molecule has 0 radical (unpaired) electrons. The Morgan fingerprint density at radius 1 is 1.40 bits per heavy atom. The molecule has 1 aromatic carbocycles. The number of rotatable bonds is 5. The van der Waals surface area contributed by atoms with E-state index in [1.165, 1.54) is 11.1 Å². The molecule has 0 aliphatic heterocycles. The molecule has 0 spiro atoms. The Morgan fingerprint density at radius 3 is 2.73 bits per heavy atom. The number of para-hydroxylation sites is 1. The van der Waals surface area contributed by atoms with Crippen LogP contribution in [0, 0.1) is 6.92 Å². The molecule has 0 amide bonds. The molecule has 1 aromatic rings. The maximum absolute atomic E-state index is 9.26. The lowest BCUT2D eigenvalue weighted by Gasteiger charge is -2.15. The van der Waals surface area contributed by atoms with Crippen molar-refractivity contribution in [1.82, 2.24) is 0 Å². The van der Waals surface area contributed by atoms with Crippen LogP contribution in [0.4, 0.5) is 5.69 Å². The van der Waals surface area contributed by atoms with Crippen LogP contribution < -0.4 is 5.32 Å². The third-order valence-corrected chi connectivity index (χ3v) is 2.47. The summed E-state index contributed by atoms with van der Waals surface area (Å²) < 4.78 is 0. The van der Waals surface area contributed by atoms with Crippen molar-refractivity contribution < 1.29 is 10.2 Å². The summed E-state index contributed by atoms with van der Waals surface area (Å²) in [6, 6.07) is 6.13. The summed E-state index contributed by atoms with van der Waals surface area (Å²) >= 11 is 0. The van der Waals surface area contributed by atoms with Gasteiger partial charge in [0.15, 0.2) is 0 Å². The second-order valence-electron chi connectivity index (χ2n) is 3.68.